The van der Waals surface area contributed by atoms with E-state index in [9.17, 15) is 0 Å². The van der Waals surface area contributed by atoms with Gasteiger partial charge in [0.15, 0.2) is 0 Å². The van der Waals surface area contributed by atoms with Crippen LogP contribution in [0.5, 0.6) is 0 Å². The molecule has 1 fully saturated rings. The molecule has 0 amide bonds. The number of aryl methyl sites for hydroxylation is 1. The monoisotopic (exact) mass is 190 g/mol. The number of pyridine rings is 1. The molecule has 0 bridgehead atoms. The van der Waals surface area contributed by atoms with Crippen LogP contribution < -0.4 is 5.73 Å². The lowest BCUT2D eigenvalue weighted by molar-refractivity contribution is 0.435. The molecular weight excluding hydrogens is 172 g/mol. The van der Waals surface area contributed by atoms with E-state index in [1.165, 1.54) is 31.2 Å². The van der Waals surface area contributed by atoms with E-state index in [1.807, 2.05) is 12.3 Å². The van der Waals surface area contributed by atoms with Gasteiger partial charge >= 0.3 is 0 Å². The Morgan fingerprint density at radius 2 is 2.14 bits per heavy atom. The summed E-state index contributed by atoms with van der Waals surface area (Å²) in [6.45, 7) is 2.09. The maximum Gasteiger partial charge on any atom is 0.0602 e. The number of rotatable bonds is 2. The maximum absolute atomic E-state index is 6.24. The van der Waals surface area contributed by atoms with Crippen molar-refractivity contribution in [2.45, 2.75) is 38.6 Å². The van der Waals surface area contributed by atoms with Gasteiger partial charge in [0.25, 0.3) is 0 Å². The topological polar surface area (TPSA) is 38.9 Å². The Kier molecular flexibility index (Phi) is 2.82. The van der Waals surface area contributed by atoms with Gasteiger partial charge in [-0.25, -0.2) is 0 Å². The zero-order valence-corrected chi connectivity index (χ0v) is 8.74. The fourth-order valence-electron chi connectivity index (χ4n) is 2.39. The third-order valence-corrected chi connectivity index (χ3v) is 3.27. The molecule has 0 spiro atoms. The molecule has 2 heteroatoms. The van der Waals surface area contributed by atoms with Gasteiger partial charge in [-0.2, -0.15) is 0 Å². The van der Waals surface area contributed by atoms with Gasteiger partial charge in [0.1, 0.15) is 0 Å². The molecular formula is C12H18N2. The molecule has 0 saturated heterocycles. The van der Waals surface area contributed by atoms with Crippen LogP contribution in [0.2, 0.25) is 0 Å². The van der Waals surface area contributed by atoms with E-state index in [-0.39, 0.29) is 6.04 Å². The van der Waals surface area contributed by atoms with Crippen molar-refractivity contribution < 1.29 is 0 Å². The van der Waals surface area contributed by atoms with Gasteiger partial charge in [0, 0.05) is 6.20 Å². The van der Waals surface area contributed by atoms with Gasteiger partial charge < -0.3 is 5.73 Å². The Balaban J connectivity index is 2.17. The minimum Gasteiger partial charge on any atom is -0.322 e. The van der Waals surface area contributed by atoms with Crippen molar-refractivity contribution in [2.75, 3.05) is 0 Å². The smallest absolute Gasteiger partial charge is 0.0602 e. The summed E-state index contributed by atoms with van der Waals surface area (Å²) in [7, 11) is 0. The summed E-state index contributed by atoms with van der Waals surface area (Å²) in [5.41, 5.74) is 8.56. The van der Waals surface area contributed by atoms with Crippen LogP contribution in [0.3, 0.4) is 0 Å². The summed E-state index contributed by atoms with van der Waals surface area (Å²) in [5, 5.41) is 0. The lowest BCUT2D eigenvalue weighted by Gasteiger charge is -2.19. The van der Waals surface area contributed by atoms with Gasteiger partial charge in [-0.05, 0) is 37.3 Å². The number of aromatic nitrogens is 1. The summed E-state index contributed by atoms with van der Waals surface area (Å²) < 4.78 is 0. The molecule has 0 aromatic carbocycles. The molecule has 2 rings (SSSR count). The molecule has 1 saturated carbocycles. The molecule has 1 aliphatic rings. The molecule has 0 aliphatic heterocycles. The Morgan fingerprint density at radius 1 is 1.43 bits per heavy atom. The first-order valence-electron chi connectivity index (χ1n) is 5.46. The summed E-state index contributed by atoms with van der Waals surface area (Å²) >= 11 is 0. The van der Waals surface area contributed by atoms with E-state index in [4.69, 9.17) is 5.73 Å². The molecule has 1 unspecified atom stereocenters. The Labute approximate surface area is 85.5 Å². The predicted molar refractivity (Wildman–Crippen MR) is 57.9 cm³/mol. The van der Waals surface area contributed by atoms with Crippen LogP contribution in [0, 0.1) is 12.8 Å². The van der Waals surface area contributed by atoms with E-state index < -0.39 is 0 Å². The Morgan fingerprint density at radius 3 is 2.79 bits per heavy atom. The molecule has 1 aromatic heterocycles. The normalized spacial score (nSPS) is 19.9. The number of hydrogen-bond donors (Lipinski definition) is 1. The van der Waals surface area contributed by atoms with Crippen LogP contribution in [0.1, 0.15) is 43.0 Å². The zero-order chi connectivity index (χ0) is 9.97. The second-order valence-corrected chi connectivity index (χ2v) is 4.28. The van der Waals surface area contributed by atoms with Crippen LogP contribution in [0.15, 0.2) is 18.3 Å². The lowest BCUT2D eigenvalue weighted by Crippen LogP contribution is -2.21. The van der Waals surface area contributed by atoms with Crippen LogP contribution in [0.4, 0.5) is 0 Å². The van der Waals surface area contributed by atoms with Gasteiger partial charge in [0.2, 0.25) is 0 Å². The number of nitrogens with zero attached hydrogens (tertiary/aromatic N) is 1. The number of nitrogens with two attached hydrogens (primary N) is 1. The quantitative estimate of drug-likeness (QED) is 0.778. The third kappa shape index (κ3) is 1.80. The summed E-state index contributed by atoms with van der Waals surface area (Å²) in [6, 6.07) is 4.22. The largest absolute Gasteiger partial charge is 0.322 e. The van der Waals surface area contributed by atoms with Crippen LogP contribution in [0.25, 0.3) is 0 Å². The van der Waals surface area contributed by atoms with Gasteiger partial charge in [-0.15, -0.1) is 0 Å². The molecule has 1 atom stereocenters. The Bertz CT molecular complexity index is 303. The molecule has 1 aliphatic carbocycles. The molecule has 1 heterocycles. The second-order valence-electron chi connectivity index (χ2n) is 4.28. The first-order chi connectivity index (χ1) is 6.79. The van der Waals surface area contributed by atoms with Crippen molar-refractivity contribution in [3.05, 3.63) is 29.6 Å². The lowest BCUT2D eigenvalue weighted by atomic mass is 9.94. The first kappa shape index (κ1) is 9.66. The van der Waals surface area contributed by atoms with Crippen molar-refractivity contribution >= 4 is 0 Å². The minimum absolute atomic E-state index is 0.152. The summed E-state index contributed by atoms with van der Waals surface area (Å²) in [4.78, 5) is 4.40. The highest BCUT2D eigenvalue weighted by molar-refractivity contribution is 5.21. The maximum atomic E-state index is 6.24. The highest BCUT2D eigenvalue weighted by atomic mass is 14.8. The first-order valence-corrected chi connectivity index (χ1v) is 5.46. The molecule has 2 nitrogen and oxygen atoms in total. The highest BCUT2D eigenvalue weighted by Gasteiger charge is 2.24. The van der Waals surface area contributed by atoms with E-state index >= 15 is 0 Å². The SMILES string of the molecule is Cc1cccnc1C(N)C1CCCC1. The highest BCUT2D eigenvalue weighted by Crippen LogP contribution is 2.34. The molecule has 1 aromatic rings. The van der Waals surface area contributed by atoms with Crippen LogP contribution >= 0.6 is 0 Å². The fourth-order valence-corrected chi connectivity index (χ4v) is 2.39. The van der Waals surface area contributed by atoms with E-state index in [1.54, 1.807) is 0 Å². The van der Waals surface area contributed by atoms with Gasteiger partial charge in [-0.3, -0.25) is 4.98 Å². The van der Waals surface area contributed by atoms with E-state index in [0.29, 0.717) is 5.92 Å². The van der Waals surface area contributed by atoms with Crippen molar-refractivity contribution in [1.82, 2.24) is 4.98 Å². The Hall–Kier alpha value is -0.890. The van der Waals surface area contributed by atoms with Gasteiger partial charge in [0.05, 0.1) is 11.7 Å². The van der Waals surface area contributed by atoms with E-state index in [2.05, 4.69) is 18.0 Å². The van der Waals surface area contributed by atoms with Crippen molar-refractivity contribution in [2.24, 2.45) is 11.7 Å². The standard InChI is InChI=1S/C12H18N2/c1-9-5-4-8-14-12(9)11(13)10-6-2-3-7-10/h4-5,8,10-11H,2-3,6-7,13H2,1H3. The van der Waals surface area contributed by atoms with Gasteiger partial charge in [-0.1, -0.05) is 18.9 Å². The predicted octanol–water partition coefficient (Wildman–Crippen LogP) is 2.58. The van der Waals surface area contributed by atoms with Crippen molar-refractivity contribution in [1.29, 1.82) is 0 Å². The molecule has 2 N–H and O–H groups in total. The summed E-state index contributed by atoms with van der Waals surface area (Å²) in [6.07, 6.45) is 7.07. The zero-order valence-electron chi connectivity index (χ0n) is 8.74. The second kappa shape index (κ2) is 4.09. The summed E-state index contributed by atoms with van der Waals surface area (Å²) in [5.74, 6) is 0.656. The van der Waals surface area contributed by atoms with E-state index in [0.717, 1.165) is 5.69 Å². The molecule has 0 radical (unpaired) electrons. The van der Waals surface area contributed by atoms with Crippen molar-refractivity contribution in [3.8, 4) is 0 Å². The van der Waals surface area contributed by atoms with Crippen LogP contribution in [-0.4, -0.2) is 4.98 Å². The number of hydrogen-bond acceptors (Lipinski definition) is 2. The van der Waals surface area contributed by atoms with Crippen molar-refractivity contribution in [3.63, 3.8) is 0 Å². The molecule has 76 valence electrons. The fraction of sp³-hybridized carbons (Fsp3) is 0.583. The average molecular weight is 190 g/mol. The van der Waals surface area contributed by atoms with Crippen LogP contribution in [-0.2, 0) is 0 Å². The molecule has 14 heavy (non-hydrogen) atoms. The third-order valence-electron chi connectivity index (χ3n) is 3.27. The minimum atomic E-state index is 0.152. The average Bonchev–Trinajstić information content (AvgIpc) is 2.70.